The Morgan fingerprint density at radius 2 is 1.92 bits per heavy atom. The van der Waals surface area contributed by atoms with Crippen molar-refractivity contribution >= 4 is 17.0 Å². The predicted octanol–water partition coefficient (Wildman–Crippen LogP) is 3.66. The molecule has 0 saturated heterocycles. The minimum absolute atomic E-state index is 0.181. The molecule has 0 radical (unpaired) electrons. The van der Waals surface area contributed by atoms with E-state index in [1.807, 2.05) is 28.9 Å². The zero-order valence-electron chi connectivity index (χ0n) is 15.5. The van der Waals surface area contributed by atoms with Gasteiger partial charge in [0.1, 0.15) is 11.3 Å². The number of phenols is 1. The molecule has 0 spiro atoms. The van der Waals surface area contributed by atoms with Gasteiger partial charge in [0.2, 0.25) is 0 Å². The van der Waals surface area contributed by atoms with Crippen LogP contribution in [0.2, 0.25) is 0 Å². The van der Waals surface area contributed by atoms with Crippen LogP contribution in [-0.4, -0.2) is 33.2 Å². The number of fused-ring (bicyclic) bond motifs is 1. The van der Waals surface area contributed by atoms with Crippen LogP contribution in [0.5, 0.6) is 5.75 Å². The van der Waals surface area contributed by atoms with Gasteiger partial charge in [0.15, 0.2) is 0 Å². The van der Waals surface area contributed by atoms with Crippen LogP contribution in [0.15, 0.2) is 36.4 Å². The highest BCUT2D eigenvalue weighted by Gasteiger charge is 2.24. The zero-order chi connectivity index (χ0) is 18.9. The van der Waals surface area contributed by atoms with Crippen LogP contribution >= 0.6 is 0 Å². The maximum Gasteiger partial charge on any atom is 0.305 e. The molecular weight excluding hydrogens is 330 g/mol. The third kappa shape index (κ3) is 3.27. The maximum atomic E-state index is 11.6. The van der Waals surface area contributed by atoms with Gasteiger partial charge >= 0.3 is 5.97 Å². The minimum Gasteiger partial charge on any atom is -0.507 e. The van der Waals surface area contributed by atoms with E-state index in [1.54, 1.807) is 12.1 Å². The first-order chi connectivity index (χ1) is 12.3. The Kier molecular flexibility index (Phi) is 4.68. The summed E-state index contributed by atoms with van der Waals surface area (Å²) >= 11 is 0. The van der Waals surface area contributed by atoms with Crippen molar-refractivity contribution in [2.75, 3.05) is 7.11 Å². The summed E-state index contributed by atoms with van der Waals surface area (Å²) < 4.78 is 6.64. The van der Waals surface area contributed by atoms with E-state index < -0.39 is 0 Å². The quantitative estimate of drug-likeness (QED) is 0.724. The number of benzene rings is 2. The summed E-state index contributed by atoms with van der Waals surface area (Å²) in [6.45, 7) is 6.16. The molecule has 0 fully saturated rings. The standard InChI is InChI=1S/C20H23N3O3/c1-20(2,3)23-19-15(21-22-23)11-9-13(10-12-17(25)26-4)18(19)14-7-5-6-8-16(14)24/h5-9,11,24H,10,12H2,1-4H3. The number of hydrogen-bond donors (Lipinski definition) is 1. The minimum atomic E-state index is -0.283. The molecule has 1 heterocycles. The Hall–Kier alpha value is -2.89. The normalized spacial score (nSPS) is 11.7. The average Bonchev–Trinajstić information content (AvgIpc) is 3.04. The number of ether oxygens (including phenoxy) is 1. The average molecular weight is 353 g/mol. The Bertz CT molecular complexity index is 955. The number of aryl methyl sites for hydroxylation is 1. The molecule has 0 aliphatic heterocycles. The van der Waals surface area contributed by atoms with Gasteiger partial charge in [-0.25, -0.2) is 4.68 Å². The fourth-order valence-electron chi connectivity index (χ4n) is 3.06. The number of carbonyl (C=O) groups excluding carboxylic acids is 1. The van der Waals surface area contributed by atoms with Crippen LogP contribution in [0, 0.1) is 0 Å². The molecule has 26 heavy (non-hydrogen) atoms. The Balaban J connectivity index is 2.29. The molecule has 0 unspecified atom stereocenters. The SMILES string of the molecule is COC(=O)CCc1ccc2nnn(C(C)(C)C)c2c1-c1ccccc1O. The number of nitrogens with zero attached hydrogens (tertiary/aromatic N) is 3. The third-order valence-corrected chi connectivity index (χ3v) is 4.33. The van der Waals surface area contributed by atoms with Crippen LogP contribution in [0.4, 0.5) is 0 Å². The van der Waals surface area contributed by atoms with Crippen LogP contribution < -0.4 is 0 Å². The summed E-state index contributed by atoms with van der Waals surface area (Å²) in [4.78, 5) is 11.6. The largest absolute Gasteiger partial charge is 0.507 e. The molecule has 0 amide bonds. The summed E-state index contributed by atoms with van der Waals surface area (Å²) in [5.41, 5.74) is 3.81. The Morgan fingerprint density at radius 1 is 1.19 bits per heavy atom. The Morgan fingerprint density at radius 3 is 2.58 bits per heavy atom. The van der Waals surface area contributed by atoms with E-state index in [-0.39, 0.29) is 23.7 Å². The highest BCUT2D eigenvalue weighted by atomic mass is 16.5. The number of aromatic nitrogens is 3. The van der Waals surface area contributed by atoms with E-state index in [9.17, 15) is 9.90 Å². The topological polar surface area (TPSA) is 77.2 Å². The molecule has 1 N–H and O–H groups in total. The Labute approximate surface area is 152 Å². The molecule has 136 valence electrons. The van der Waals surface area contributed by atoms with Gasteiger partial charge in [-0.1, -0.05) is 29.5 Å². The first kappa shape index (κ1) is 17.9. The van der Waals surface area contributed by atoms with Crippen LogP contribution in [-0.2, 0) is 21.5 Å². The lowest BCUT2D eigenvalue weighted by atomic mass is 9.93. The molecule has 2 aromatic carbocycles. The third-order valence-electron chi connectivity index (χ3n) is 4.33. The van der Waals surface area contributed by atoms with E-state index in [0.29, 0.717) is 12.0 Å². The summed E-state index contributed by atoms with van der Waals surface area (Å²) in [7, 11) is 1.38. The van der Waals surface area contributed by atoms with Crippen molar-refractivity contribution in [1.29, 1.82) is 0 Å². The van der Waals surface area contributed by atoms with Gasteiger partial charge in [-0.2, -0.15) is 0 Å². The zero-order valence-corrected chi connectivity index (χ0v) is 15.5. The number of para-hydroxylation sites is 1. The smallest absolute Gasteiger partial charge is 0.305 e. The van der Waals surface area contributed by atoms with E-state index >= 15 is 0 Å². The lowest BCUT2D eigenvalue weighted by Crippen LogP contribution is -2.23. The van der Waals surface area contributed by atoms with Gasteiger partial charge in [-0.3, -0.25) is 4.79 Å². The van der Waals surface area contributed by atoms with Crippen molar-refractivity contribution < 1.29 is 14.6 Å². The van der Waals surface area contributed by atoms with Crippen molar-refractivity contribution in [2.24, 2.45) is 0 Å². The molecule has 6 heteroatoms. The monoisotopic (exact) mass is 353 g/mol. The molecule has 3 rings (SSSR count). The first-order valence-electron chi connectivity index (χ1n) is 8.56. The summed E-state index contributed by atoms with van der Waals surface area (Å²) in [6.07, 6.45) is 0.765. The molecule has 0 saturated carbocycles. The molecule has 1 aromatic heterocycles. The maximum absolute atomic E-state index is 11.6. The van der Waals surface area contributed by atoms with Gasteiger partial charge in [0.25, 0.3) is 0 Å². The fourth-order valence-corrected chi connectivity index (χ4v) is 3.06. The highest BCUT2D eigenvalue weighted by Crippen LogP contribution is 2.38. The van der Waals surface area contributed by atoms with Gasteiger partial charge in [-0.05, 0) is 44.9 Å². The fraction of sp³-hybridized carbons (Fsp3) is 0.350. The summed E-state index contributed by atoms with van der Waals surface area (Å²) in [5, 5.41) is 19.1. The second kappa shape index (κ2) is 6.78. The molecule has 0 aliphatic carbocycles. The van der Waals surface area contributed by atoms with Gasteiger partial charge in [-0.15, -0.1) is 5.10 Å². The van der Waals surface area contributed by atoms with Gasteiger partial charge in [0, 0.05) is 17.5 Å². The second-order valence-electron chi connectivity index (χ2n) is 7.23. The second-order valence-corrected chi connectivity index (χ2v) is 7.23. The number of esters is 1. The molecular formula is C20H23N3O3. The lowest BCUT2D eigenvalue weighted by Gasteiger charge is -2.22. The highest BCUT2D eigenvalue weighted by molar-refractivity contribution is 5.95. The van der Waals surface area contributed by atoms with Crippen LogP contribution in [0.1, 0.15) is 32.8 Å². The van der Waals surface area contributed by atoms with E-state index in [4.69, 9.17) is 4.74 Å². The lowest BCUT2D eigenvalue weighted by molar-refractivity contribution is -0.140. The predicted molar refractivity (Wildman–Crippen MR) is 100.0 cm³/mol. The number of rotatable bonds is 4. The number of carbonyl (C=O) groups is 1. The number of phenolic OH excluding ortho intramolecular Hbond substituents is 1. The molecule has 0 bridgehead atoms. The van der Waals surface area contributed by atoms with E-state index in [0.717, 1.165) is 22.2 Å². The number of methoxy groups -OCH3 is 1. The molecule has 3 aromatic rings. The molecule has 6 nitrogen and oxygen atoms in total. The summed E-state index contributed by atoms with van der Waals surface area (Å²) in [6, 6.07) is 11.0. The van der Waals surface area contributed by atoms with Crippen molar-refractivity contribution in [1.82, 2.24) is 15.0 Å². The van der Waals surface area contributed by atoms with Gasteiger partial charge < -0.3 is 9.84 Å². The van der Waals surface area contributed by atoms with Crippen molar-refractivity contribution in [3.63, 3.8) is 0 Å². The number of hydrogen-bond acceptors (Lipinski definition) is 5. The number of aromatic hydroxyl groups is 1. The van der Waals surface area contributed by atoms with Crippen molar-refractivity contribution in [2.45, 2.75) is 39.2 Å². The van der Waals surface area contributed by atoms with Crippen molar-refractivity contribution in [3.8, 4) is 16.9 Å². The molecule has 0 aliphatic rings. The first-order valence-corrected chi connectivity index (χ1v) is 8.56. The van der Waals surface area contributed by atoms with Crippen LogP contribution in [0.3, 0.4) is 0 Å². The van der Waals surface area contributed by atoms with Gasteiger partial charge in [0.05, 0.1) is 18.2 Å². The van der Waals surface area contributed by atoms with Crippen molar-refractivity contribution in [3.05, 3.63) is 42.0 Å². The molecule has 0 atom stereocenters. The van der Waals surface area contributed by atoms with Crippen LogP contribution in [0.25, 0.3) is 22.2 Å². The summed E-state index contributed by atoms with van der Waals surface area (Å²) in [5.74, 6) is -0.0863. The van der Waals surface area contributed by atoms with E-state index in [1.165, 1.54) is 7.11 Å². The van der Waals surface area contributed by atoms with E-state index in [2.05, 4.69) is 31.1 Å².